The van der Waals surface area contributed by atoms with Gasteiger partial charge >= 0.3 is 0 Å². The van der Waals surface area contributed by atoms with Crippen molar-refractivity contribution in [1.29, 1.82) is 0 Å². The van der Waals surface area contributed by atoms with Gasteiger partial charge in [0.25, 0.3) is 0 Å². The maximum absolute atomic E-state index is 12.9. The fraction of sp³-hybridized carbons (Fsp3) is 0.333. The predicted molar refractivity (Wildman–Crippen MR) is 101 cm³/mol. The molecule has 1 aliphatic heterocycles. The van der Waals surface area contributed by atoms with Crippen LogP contribution in [0.3, 0.4) is 0 Å². The molecule has 1 aliphatic carbocycles. The van der Waals surface area contributed by atoms with Crippen molar-refractivity contribution in [3.8, 4) is 0 Å². The van der Waals surface area contributed by atoms with Crippen LogP contribution in [0.2, 0.25) is 0 Å². The van der Waals surface area contributed by atoms with E-state index in [0.29, 0.717) is 24.7 Å². The standard InChI is InChI=1S/C21H23N3O2/c22-21(26)17-7-5-15(6-8-17)13-23(18-9-10-18)14-20(25)24-12-11-16-3-1-2-4-19(16)24/h1-8,18H,9-14H2,(H2,22,26). The number of nitrogens with zero attached hydrogens (tertiary/aromatic N) is 2. The first-order valence-corrected chi connectivity index (χ1v) is 9.13. The number of carbonyl (C=O) groups is 2. The number of amides is 2. The fourth-order valence-corrected chi connectivity index (χ4v) is 3.62. The van der Waals surface area contributed by atoms with E-state index >= 15 is 0 Å². The van der Waals surface area contributed by atoms with Gasteiger partial charge in [-0.2, -0.15) is 0 Å². The van der Waals surface area contributed by atoms with Crippen LogP contribution in [0.4, 0.5) is 5.69 Å². The van der Waals surface area contributed by atoms with E-state index in [1.807, 2.05) is 35.2 Å². The van der Waals surface area contributed by atoms with E-state index in [1.165, 1.54) is 5.56 Å². The summed E-state index contributed by atoms with van der Waals surface area (Å²) in [6.45, 7) is 1.91. The largest absolute Gasteiger partial charge is 0.366 e. The zero-order valence-corrected chi connectivity index (χ0v) is 14.7. The second kappa shape index (κ2) is 6.92. The molecule has 0 spiro atoms. The summed E-state index contributed by atoms with van der Waals surface area (Å²) in [7, 11) is 0. The van der Waals surface area contributed by atoms with Gasteiger partial charge in [0.1, 0.15) is 0 Å². The van der Waals surface area contributed by atoms with Gasteiger partial charge in [-0.3, -0.25) is 14.5 Å². The summed E-state index contributed by atoms with van der Waals surface area (Å²) in [5, 5.41) is 0. The first kappa shape index (κ1) is 16.8. The summed E-state index contributed by atoms with van der Waals surface area (Å²) in [5.74, 6) is -0.255. The molecule has 0 atom stereocenters. The lowest BCUT2D eigenvalue weighted by Crippen LogP contribution is -2.40. The minimum Gasteiger partial charge on any atom is -0.366 e. The molecule has 5 nitrogen and oxygen atoms in total. The highest BCUT2D eigenvalue weighted by atomic mass is 16.2. The lowest BCUT2D eigenvalue weighted by Gasteiger charge is -2.25. The number of anilines is 1. The highest BCUT2D eigenvalue weighted by molar-refractivity contribution is 5.96. The third-order valence-electron chi connectivity index (χ3n) is 5.21. The van der Waals surface area contributed by atoms with Crippen LogP contribution in [0.1, 0.15) is 34.3 Å². The van der Waals surface area contributed by atoms with Gasteiger partial charge in [-0.15, -0.1) is 0 Å². The van der Waals surface area contributed by atoms with Crippen LogP contribution in [0, 0.1) is 0 Å². The second-order valence-corrected chi connectivity index (χ2v) is 7.12. The number of rotatable bonds is 6. The topological polar surface area (TPSA) is 66.6 Å². The number of benzene rings is 2. The van der Waals surface area contributed by atoms with Crippen LogP contribution in [-0.4, -0.2) is 35.8 Å². The lowest BCUT2D eigenvalue weighted by atomic mass is 10.1. The van der Waals surface area contributed by atoms with Gasteiger partial charge < -0.3 is 10.6 Å². The Bertz CT molecular complexity index is 827. The Labute approximate surface area is 153 Å². The van der Waals surface area contributed by atoms with Crippen molar-refractivity contribution in [2.24, 2.45) is 5.73 Å². The Kier molecular flexibility index (Phi) is 4.47. The molecule has 0 radical (unpaired) electrons. The van der Waals surface area contributed by atoms with Crippen LogP contribution in [-0.2, 0) is 17.8 Å². The van der Waals surface area contributed by atoms with Gasteiger partial charge in [-0.05, 0) is 48.6 Å². The Morgan fingerprint density at radius 3 is 2.50 bits per heavy atom. The van der Waals surface area contributed by atoms with Crippen LogP contribution in [0.25, 0.3) is 0 Å². The number of hydrogen-bond acceptors (Lipinski definition) is 3. The van der Waals surface area contributed by atoms with Crippen LogP contribution < -0.4 is 10.6 Å². The number of carbonyl (C=O) groups excluding carboxylic acids is 2. The summed E-state index contributed by atoms with van der Waals surface area (Å²) >= 11 is 0. The summed E-state index contributed by atoms with van der Waals surface area (Å²) in [4.78, 5) is 28.3. The number of nitrogens with two attached hydrogens (primary N) is 1. The van der Waals surface area contributed by atoms with Crippen molar-refractivity contribution >= 4 is 17.5 Å². The molecule has 2 N–H and O–H groups in total. The zero-order valence-electron chi connectivity index (χ0n) is 14.7. The third-order valence-corrected chi connectivity index (χ3v) is 5.21. The molecule has 0 bridgehead atoms. The number of primary amides is 1. The molecule has 0 aromatic heterocycles. The second-order valence-electron chi connectivity index (χ2n) is 7.12. The number of fused-ring (bicyclic) bond motifs is 1. The molecule has 5 heteroatoms. The summed E-state index contributed by atoms with van der Waals surface area (Å²) in [6, 6.07) is 16.0. The lowest BCUT2D eigenvalue weighted by molar-refractivity contribution is -0.119. The van der Waals surface area contributed by atoms with E-state index in [9.17, 15) is 9.59 Å². The van der Waals surface area contributed by atoms with E-state index in [1.54, 1.807) is 12.1 Å². The summed E-state index contributed by atoms with van der Waals surface area (Å²) in [5.41, 5.74) is 9.21. The molecule has 0 saturated heterocycles. The van der Waals surface area contributed by atoms with E-state index in [4.69, 9.17) is 5.73 Å². The summed E-state index contributed by atoms with van der Waals surface area (Å²) in [6.07, 6.45) is 3.21. The monoisotopic (exact) mass is 349 g/mol. The summed E-state index contributed by atoms with van der Waals surface area (Å²) < 4.78 is 0. The number of hydrogen-bond donors (Lipinski definition) is 1. The Hall–Kier alpha value is -2.66. The van der Waals surface area contributed by atoms with Crippen molar-refractivity contribution in [3.63, 3.8) is 0 Å². The predicted octanol–water partition coefficient (Wildman–Crippen LogP) is 2.34. The molecule has 134 valence electrons. The van der Waals surface area contributed by atoms with Crippen molar-refractivity contribution in [2.45, 2.75) is 31.8 Å². The van der Waals surface area contributed by atoms with E-state index in [0.717, 1.165) is 37.1 Å². The zero-order chi connectivity index (χ0) is 18.1. The van der Waals surface area contributed by atoms with Crippen molar-refractivity contribution < 1.29 is 9.59 Å². The molecular formula is C21H23N3O2. The van der Waals surface area contributed by atoms with Gasteiger partial charge in [0, 0.05) is 30.4 Å². The molecule has 2 amide bonds. The average Bonchev–Trinajstić information content (AvgIpc) is 3.40. The molecule has 2 aromatic carbocycles. The molecule has 2 aromatic rings. The maximum atomic E-state index is 12.9. The van der Waals surface area contributed by atoms with E-state index in [-0.39, 0.29) is 5.91 Å². The molecule has 2 aliphatic rings. The van der Waals surface area contributed by atoms with Gasteiger partial charge in [0.2, 0.25) is 11.8 Å². The Balaban J connectivity index is 1.44. The van der Waals surface area contributed by atoms with E-state index < -0.39 is 5.91 Å². The van der Waals surface area contributed by atoms with Crippen molar-refractivity contribution in [1.82, 2.24) is 4.90 Å². The SMILES string of the molecule is NC(=O)c1ccc(CN(CC(=O)N2CCc3ccccc32)C2CC2)cc1. The first-order chi connectivity index (χ1) is 12.6. The minimum atomic E-state index is -0.418. The molecular weight excluding hydrogens is 326 g/mol. The van der Waals surface area contributed by atoms with Gasteiger partial charge in [0.15, 0.2) is 0 Å². The smallest absolute Gasteiger partial charge is 0.248 e. The number of para-hydroxylation sites is 1. The highest BCUT2D eigenvalue weighted by Crippen LogP contribution is 2.31. The molecule has 1 fully saturated rings. The van der Waals surface area contributed by atoms with Crippen molar-refractivity contribution in [3.05, 3.63) is 65.2 Å². The Morgan fingerprint density at radius 2 is 1.81 bits per heavy atom. The van der Waals surface area contributed by atoms with Crippen LogP contribution in [0.15, 0.2) is 48.5 Å². The van der Waals surface area contributed by atoms with Gasteiger partial charge in [-0.1, -0.05) is 30.3 Å². The minimum absolute atomic E-state index is 0.163. The van der Waals surface area contributed by atoms with Gasteiger partial charge in [-0.25, -0.2) is 0 Å². The average molecular weight is 349 g/mol. The van der Waals surface area contributed by atoms with Crippen LogP contribution >= 0.6 is 0 Å². The first-order valence-electron chi connectivity index (χ1n) is 9.13. The highest BCUT2D eigenvalue weighted by Gasteiger charge is 2.33. The normalized spacial score (nSPS) is 16.0. The molecule has 4 rings (SSSR count). The van der Waals surface area contributed by atoms with Gasteiger partial charge in [0.05, 0.1) is 6.54 Å². The fourth-order valence-electron chi connectivity index (χ4n) is 3.62. The molecule has 1 heterocycles. The van der Waals surface area contributed by atoms with Crippen LogP contribution in [0.5, 0.6) is 0 Å². The quantitative estimate of drug-likeness (QED) is 0.870. The molecule has 0 unspecified atom stereocenters. The third kappa shape index (κ3) is 3.48. The Morgan fingerprint density at radius 1 is 1.08 bits per heavy atom. The van der Waals surface area contributed by atoms with Crippen molar-refractivity contribution in [2.75, 3.05) is 18.0 Å². The maximum Gasteiger partial charge on any atom is 0.248 e. The molecule has 26 heavy (non-hydrogen) atoms. The molecule has 1 saturated carbocycles. The van der Waals surface area contributed by atoms with E-state index in [2.05, 4.69) is 11.0 Å².